The van der Waals surface area contributed by atoms with Crippen LogP contribution in [0.1, 0.15) is 0 Å². The van der Waals surface area contributed by atoms with Crippen LogP contribution in [-0.2, 0) is 0 Å². The summed E-state index contributed by atoms with van der Waals surface area (Å²) in [6.07, 6.45) is 0. The van der Waals surface area contributed by atoms with E-state index in [1.165, 1.54) is 0 Å². The third kappa shape index (κ3) is 2.81. The van der Waals surface area contributed by atoms with Gasteiger partial charge in [-0.3, -0.25) is 0 Å². The Morgan fingerprint density at radius 2 is 2.00 bits per heavy atom. The van der Waals surface area contributed by atoms with Crippen molar-refractivity contribution in [2.24, 2.45) is 0 Å². The lowest BCUT2D eigenvalue weighted by Gasteiger charge is -1.88. The highest BCUT2D eigenvalue weighted by atomic mass is 35.5. The standard InChI is InChI=1S/C6H6ClP.H2O/c7-5-2-1-3-6(8)4-5;/h1-4H,8H2;1H2. The van der Waals surface area contributed by atoms with E-state index in [-0.39, 0.29) is 5.48 Å². The lowest BCUT2D eigenvalue weighted by Crippen LogP contribution is -1.84. The van der Waals surface area contributed by atoms with Crippen LogP contribution < -0.4 is 5.30 Å². The topological polar surface area (TPSA) is 31.5 Å². The van der Waals surface area contributed by atoms with Crippen LogP contribution in [0.25, 0.3) is 0 Å². The Kier molecular flexibility index (Phi) is 3.79. The molecular weight excluding hydrogens is 154 g/mol. The average molecular weight is 163 g/mol. The van der Waals surface area contributed by atoms with Crippen LogP contribution in [0.3, 0.4) is 0 Å². The summed E-state index contributed by atoms with van der Waals surface area (Å²) in [6.45, 7) is 0. The van der Waals surface area contributed by atoms with Crippen molar-refractivity contribution in [3.05, 3.63) is 29.3 Å². The van der Waals surface area contributed by atoms with E-state index >= 15 is 0 Å². The van der Waals surface area contributed by atoms with Gasteiger partial charge in [-0.1, -0.05) is 23.7 Å². The van der Waals surface area contributed by atoms with Gasteiger partial charge in [-0.15, -0.1) is 9.24 Å². The van der Waals surface area contributed by atoms with Crippen molar-refractivity contribution in [2.75, 3.05) is 0 Å². The molecule has 0 aliphatic carbocycles. The molecule has 1 unspecified atom stereocenters. The van der Waals surface area contributed by atoms with Crippen molar-refractivity contribution in [1.82, 2.24) is 0 Å². The van der Waals surface area contributed by atoms with Crippen molar-refractivity contribution in [2.45, 2.75) is 0 Å². The van der Waals surface area contributed by atoms with Crippen molar-refractivity contribution >= 4 is 26.1 Å². The molecule has 0 aromatic heterocycles. The Balaban J connectivity index is 0.000000640. The van der Waals surface area contributed by atoms with E-state index in [0.29, 0.717) is 0 Å². The molecular formula is C6H8ClOP. The largest absolute Gasteiger partial charge is 0.412 e. The van der Waals surface area contributed by atoms with Crippen LogP contribution >= 0.6 is 20.8 Å². The second-order valence-electron chi connectivity index (χ2n) is 1.56. The predicted molar refractivity (Wildman–Crippen MR) is 44.4 cm³/mol. The van der Waals surface area contributed by atoms with E-state index in [0.717, 1.165) is 10.3 Å². The zero-order chi connectivity index (χ0) is 5.98. The summed E-state index contributed by atoms with van der Waals surface area (Å²) in [4.78, 5) is 0. The minimum absolute atomic E-state index is 0. The van der Waals surface area contributed by atoms with Gasteiger partial charge in [-0.2, -0.15) is 0 Å². The van der Waals surface area contributed by atoms with Gasteiger partial charge in [0.25, 0.3) is 0 Å². The molecule has 1 aromatic rings. The smallest absolute Gasteiger partial charge is 0.0412 e. The van der Waals surface area contributed by atoms with Gasteiger partial charge >= 0.3 is 0 Å². The Morgan fingerprint density at radius 3 is 2.33 bits per heavy atom. The van der Waals surface area contributed by atoms with Crippen LogP contribution in [0, 0.1) is 0 Å². The summed E-state index contributed by atoms with van der Waals surface area (Å²) in [5.74, 6) is 0. The van der Waals surface area contributed by atoms with E-state index < -0.39 is 0 Å². The molecule has 0 fully saturated rings. The van der Waals surface area contributed by atoms with Crippen molar-refractivity contribution in [3.8, 4) is 0 Å². The van der Waals surface area contributed by atoms with Crippen molar-refractivity contribution in [3.63, 3.8) is 0 Å². The Labute approximate surface area is 61.5 Å². The molecule has 0 amide bonds. The van der Waals surface area contributed by atoms with Gasteiger partial charge in [0.1, 0.15) is 0 Å². The molecule has 0 aliphatic heterocycles. The Morgan fingerprint density at radius 1 is 1.33 bits per heavy atom. The number of hydrogen-bond acceptors (Lipinski definition) is 0. The van der Waals surface area contributed by atoms with Gasteiger partial charge in [0.2, 0.25) is 0 Å². The van der Waals surface area contributed by atoms with Crippen molar-refractivity contribution in [1.29, 1.82) is 0 Å². The molecule has 50 valence electrons. The molecule has 0 spiro atoms. The second-order valence-corrected chi connectivity index (χ2v) is 2.66. The first-order valence-corrected chi connectivity index (χ1v) is 3.25. The van der Waals surface area contributed by atoms with Gasteiger partial charge in [-0.05, 0) is 17.4 Å². The fourth-order valence-corrected chi connectivity index (χ4v) is 1.10. The fraction of sp³-hybridized carbons (Fsp3) is 0. The first-order chi connectivity index (χ1) is 3.79. The SMILES string of the molecule is O.Pc1cccc(Cl)c1. The maximum atomic E-state index is 5.63. The molecule has 2 N–H and O–H groups in total. The summed E-state index contributed by atoms with van der Waals surface area (Å²) < 4.78 is 0. The average Bonchev–Trinajstić information content (AvgIpc) is 1.64. The van der Waals surface area contributed by atoms with Gasteiger partial charge < -0.3 is 5.48 Å². The number of hydrogen-bond donors (Lipinski definition) is 0. The quantitative estimate of drug-likeness (QED) is 0.510. The minimum Gasteiger partial charge on any atom is -0.412 e. The molecule has 0 heterocycles. The summed E-state index contributed by atoms with van der Waals surface area (Å²) >= 11 is 5.63. The maximum absolute atomic E-state index is 5.63. The molecule has 0 saturated carbocycles. The zero-order valence-corrected chi connectivity index (χ0v) is 6.68. The van der Waals surface area contributed by atoms with E-state index in [1.54, 1.807) is 0 Å². The van der Waals surface area contributed by atoms with E-state index in [1.807, 2.05) is 24.3 Å². The highest BCUT2D eigenvalue weighted by Crippen LogP contribution is 2.04. The molecule has 9 heavy (non-hydrogen) atoms. The highest BCUT2D eigenvalue weighted by Gasteiger charge is 1.83. The number of rotatable bonds is 0. The third-order valence-electron chi connectivity index (χ3n) is 0.849. The number of benzene rings is 1. The zero-order valence-electron chi connectivity index (χ0n) is 4.76. The predicted octanol–water partition coefficient (Wildman–Crippen LogP) is 1.02. The minimum atomic E-state index is 0. The lowest BCUT2D eigenvalue weighted by atomic mass is 10.4. The summed E-state index contributed by atoms with van der Waals surface area (Å²) in [5.41, 5.74) is 0. The van der Waals surface area contributed by atoms with Gasteiger partial charge in [0.05, 0.1) is 0 Å². The Hall–Kier alpha value is -0.100. The van der Waals surface area contributed by atoms with Crippen LogP contribution in [0.2, 0.25) is 5.02 Å². The molecule has 3 heteroatoms. The van der Waals surface area contributed by atoms with Gasteiger partial charge in [-0.25, -0.2) is 0 Å². The maximum Gasteiger partial charge on any atom is 0.0412 e. The fourth-order valence-electron chi connectivity index (χ4n) is 0.507. The first-order valence-electron chi connectivity index (χ1n) is 2.30. The third-order valence-corrected chi connectivity index (χ3v) is 1.44. The second kappa shape index (κ2) is 3.84. The molecule has 1 nitrogen and oxygen atoms in total. The summed E-state index contributed by atoms with van der Waals surface area (Å²) in [5, 5.41) is 1.91. The van der Waals surface area contributed by atoms with Gasteiger partial charge in [0, 0.05) is 5.02 Å². The van der Waals surface area contributed by atoms with Crippen molar-refractivity contribution < 1.29 is 5.48 Å². The van der Waals surface area contributed by atoms with E-state index in [2.05, 4.69) is 9.24 Å². The van der Waals surface area contributed by atoms with E-state index in [4.69, 9.17) is 11.6 Å². The van der Waals surface area contributed by atoms with E-state index in [9.17, 15) is 0 Å². The van der Waals surface area contributed by atoms with Crippen LogP contribution in [0.5, 0.6) is 0 Å². The molecule has 0 bridgehead atoms. The molecule has 0 saturated heterocycles. The van der Waals surface area contributed by atoms with Crippen LogP contribution in [0.15, 0.2) is 24.3 Å². The van der Waals surface area contributed by atoms with Gasteiger partial charge in [0.15, 0.2) is 0 Å². The normalized spacial score (nSPS) is 8.22. The summed E-state index contributed by atoms with van der Waals surface area (Å²) in [7, 11) is 2.58. The molecule has 1 rings (SSSR count). The monoisotopic (exact) mass is 162 g/mol. The van der Waals surface area contributed by atoms with Crippen LogP contribution in [-0.4, -0.2) is 5.48 Å². The molecule has 0 radical (unpaired) electrons. The number of halogens is 1. The highest BCUT2D eigenvalue weighted by molar-refractivity contribution is 7.27. The molecule has 0 aliphatic rings. The molecule has 1 aromatic carbocycles. The summed E-state index contributed by atoms with van der Waals surface area (Å²) in [6, 6.07) is 7.66. The lowest BCUT2D eigenvalue weighted by molar-refractivity contribution is 0.824. The van der Waals surface area contributed by atoms with Crippen LogP contribution in [0.4, 0.5) is 0 Å². The first kappa shape index (κ1) is 8.90. The Bertz CT molecular complexity index is 173. The molecule has 1 atom stereocenters.